The van der Waals surface area contributed by atoms with E-state index < -0.39 is 17.4 Å². The molecule has 0 spiro atoms. The van der Waals surface area contributed by atoms with E-state index in [-0.39, 0.29) is 12.2 Å². The van der Waals surface area contributed by atoms with Gasteiger partial charge in [0.15, 0.2) is 0 Å². The molecule has 1 aliphatic heterocycles. The highest BCUT2D eigenvalue weighted by Gasteiger charge is 2.28. The molecule has 1 fully saturated rings. The fraction of sp³-hybridized carbons (Fsp3) is 0.500. The number of hydrogen-bond donors (Lipinski definition) is 1. The summed E-state index contributed by atoms with van der Waals surface area (Å²) in [7, 11) is 0. The van der Waals surface area contributed by atoms with E-state index in [1.165, 1.54) is 25.3 Å². The number of nitrogens with one attached hydrogen (secondary N) is 1. The smallest absolute Gasteiger partial charge is 0.336 e. The second-order valence-electron chi connectivity index (χ2n) is 5.28. The second kappa shape index (κ2) is 4.64. The van der Waals surface area contributed by atoms with Gasteiger partial charge in [-0.1, -0.05) is 19.3 Å². The van der Waals surface area contributed by atoms with Crippen LogP contribution in [0.15, 0.2) is 15.3 Å². The largest absolute Gasteiger partial charge is 0.426 e. The molecule has 5 heteroatoms. The van der Waals surface area contributed by atoms with Crippen LogP contribution in [-0.2, 0) is 17.6 Å². The van der Waals surface area contributed by atoms with Gasteiger partial charge in [0.05, 0.1) is 12.0 Å². The number of hydrogen-bond acceptors (Lipinski definition) is 4. The predicted molar refractivity (Wildman–Crippen MR) is 66.8 cm³/mol. The van der Waals surface area contributed by atoms with E-state index in [0.717, 1.165) is 6.42 Å². The van der Waals surface area contributed by atoms with E-state index in [9.17, 15) is 14.4 Å². The molecule has 1 aromatic rings. The van der Waals surface area contributed by atoms with Gasteiger partial charge < -0.3 is 4.42 Å². The molecule has 0 aromatic carbocycles. The van der Waals surface area contributed by atoms with Crippen LogP contribution >= 0.6 is 0 Å². The van der Waals surface area contributed by atoms with Gasteiger partial charge in [0, 0.05) is 6.07 Å². The van der Waals surface area contributed by atoms with Crippen LogP contribution in [0.1, 0.15) is 47.4 Å². The Morgan fingerprint density at radius 3 is 2.74 bits per heavy atom. The number of carbonyl (C=O) groups is 2. The first-order valence-electron chi connectivity index (χ1n) is 6.63. The summed E-state index contributed by atoms with van der Waals surface area (Å²) in [4.78, 5) is 34.6. The van der Waals surface area contributed by atoms with Crippen LogP contribution in [0.5, 0.6) is 0 Å². The molecule has 2 aliphatic rings. The van der Waals surface area contributed by atoms with Crippen molar-refractivity contribution >= 4 is 11.8 Å². The van der Waals surface area contributed by atoms with Gasteiger partial charge in [0.25, 0.3) is 5.91 Å². The normalized spacial score (nSPS) is 18.7. The Morgan fingerprint density at radius 1 is 1.26 bits per heavy atom. The molecule has 1 aliphatic carbocycles. The maximum Gasteiger partial charge on any atom is 0.336 e. The second-order valence-corrected chi connectivity index (χ2v) is 5.28. The van der Waals surface area contributed by atoms with Crippen LogP contribution in [0.25, 0.3) is 0 Å². The number of aryl methyl sites for hydroxylation is 1. The minimum atomic E-state index is -0.482. The van der Waals surface area contributed by atoms with Crippen molar-refractivity contribution in [2.45, 2.75) is 38.5 Å². The summed E-state index contributed by atoms with van der Waals surface area (Å²) in [5.41, 5.74) is 0.617. The SMILES string of the molecule is O=C1Cc2oc(=O)cc(CCC3CCC3)c2C(=O)N1. The Labute approximate surface area is 110 Å². The first-order valence-corrected chi connectivity index (χ1v) is 6.63. The monoisotopic (exact) mass is 261 g/mol. The van der Waals surface area contributed by atoms with Crippen LogP contribution in [0.3, 0.4) is 0 Å². The fourth-order valence-electron chi connectivity index (χ4n) is 2.71. The van der Waals surface area contributed by atoms with Crippen LogP contribution in [0.2, 0.25) is 0 Å². The van der Waals surface area contributed by atoms with Crippen molar-refractivity contribution in [1.29, 1.82) is 0 Å². The topological polar surface area (TPSA) is 76.4 Å². The summed E-state index contributed by atoms with van der Waals surface area (Å²) in [6.45, 7) is 0. The summed E-state index contributed by atoms with van der Waals surface area (Å²) in [5, 5.41) is 2.27. The molecule has 0 saturated heterocycles. The summed E-state index contributed by atoms with van der Waals surface area (Å²) < 4.78 is 4.99. The molecule has 100 valence electrons. The number of fused-ring (bicyclic) bond motifs is 1. The van der Waals surface area contributed by atoms with Gasteiger partial charge in [-0.15, -0.1) is 0 Å². The van der Waals surface area contributed by atoms with Gasteiger partial charge in [-0.05, 0) is 24.3 Å². The fourth-order valence-corrected chi connectivity index (χ4v) is 2.71. The molecular weight excluding hydrogens is 246 g/mol. The number of carbonyl (C=O) groups excluding carboxylic acids is 2. The third kappa shape index (κ3) is 2.32. The van der Waals surface area contributed by atoms with Gasteiger partial charge in [-0.25, -0.2) is 4.79 Å². The molecule has 2 amide bonds. The van der Waals surface area contributed by atoms with Crippen molar-refractivity contribution in [3.63, 3.8) is 0 Å². The zero-order chi connectivity index (χ0) is 13.4. The maximum absolute atomic E-state index is 11.9. The van der Waals surface area contributed by atoms with Crippen LogP contribution in [0, 0.1) is 5.92 Å². The number of rotatable bonds is 3. The van der Waals surface area contributed by atoms with Crippen LogP contribution in [-0.4, -0.2) is 11.8 Å². The lowest BCUT2D eigenvalue weighted by Crippen LogP contribution is -2.38. The Bertz CT molecular complexity index is 598. The van der Waals surface area contributed by atoms with Gasteiger partial charge in [0.2, 0.25) is 5.91 Å². The summed E-state index contributed by atoms with van der Waals surface area (Å²) in [6.07, 6.45) is 5.38. The van der Waals surface area contributed by atoms with Gasteiger partial charge >= 0.3 is 5.63 Å². The zero-order valence-electron chi connectivity index (χ0n) is 10.5. The molecule has 19 heavy (non-hydrogen) atoms. The van der Waals surface area contributed by atoms with E-state index in [1.54, 1.807) is 0 Å². The lowest BCUT2D eigenvalue weighted by Gasteiger charge is -2.25. The molecule has 0 atom stereocenters. The van der Waals surface area contributed by atoms with Gasteiger partial charge in [-0.2, -0.15) is 0 Å². The summed E-state index contributed by atoms with van der Waals surface area (Å²) in [6, 6.07) is 1.38. The van der Waals surface area contributed by atoms with E-state index >= 15 is 0 Å². The van der Waals surface area contributed by atoms with Gasteiger partial charge in [-0.3, -0.25) is 14.9 Å². The molecule has 0 bridgehead atoms. The van der Waals surface area contributed by atoms with Crippen LogP contribution < -0.4 is 10.9 Å². The standard InChI is InChI=1S/C14H15NO4/c16-11-7-10-13(14(18)15-11)9(6-12(17)19-10)5-4-8-2-1-3-8/h6,8H,1-5,7H2,(H,15,16,18). The first kappa shape index (κ1) is 12.1. The highest BCUT2D eigenvalue weighted by molar-refractivity contribution is 6.09. The lowest BCUT2D eigenvalue weighted by atomic mass is 9.81. The molecule has 2 heterocycles. The lowest BCUT2D eigenvalue weighted by molar-refractivity contribution is -0.120. The predicted octanol–water partition coefficient (Wildman–Crippen LogP) is 1.19. The molecular formula is C14H15NO4. The van der Waals surface area contributed by atoms with E-state index in [0.29, 0.717) is 23.5 Å². The van der Waals surface area contributed by atoms with Crippen molar-refractivity contribution in [3.05, 3.63) is 33.4 Å². The van der Waals surface area contributed by atoms with E-state index in [2.05, 4.69) is 5.32 Å². The number of amides is 2. The molecule has 5 nitrogen and oxygen atoms in total. The number of imide groups is 1. The van der Waals surface area contributed by atoms with Crippen molar-refractivity contribution in [1.82, 2.24) is 5.32 Å². The third-order valence-corrected chi connectivity index (χ3v) is 3.96. The summed E-state index contributed by atoms with van der Waals surface area (Å²) in [5.74, 6) is 0.0523. The average Bonchev–Trinajstić information content (AvgIpc) is 2.24. The zero-order valence-corrected chi connectivity index (χ0v) is 10.5. The highest BCUT2D eigenvalue weighted by Crippen LogP contribution is 2.31. The van der Waals surface area contributed by atoms with Crippen LogP contribution in [0.4, 0.5) is 0 Å². The average molecular weight is 261 g/mol. The van der Waals surface area contributed by atoms with Crippen molar-refractivity contribution in [2.24, 2.45) is 5.92 Å². The molecule has 1 saturated carbocycles. The van der Waals surface area contributed by atoms with E-state index in [1.807, 2.05) is 0 Å². The molecule has 1 aromatic heterocycles. The molecule has 3 rings (SSSR count). The van der Waals surface area contributed by atoms with E-state index in [4.69, 9.17) is 4.42 Å². The Kier molecular flexibility index (Phi) is 2.97. The van der Waals surface area contributed by atoms with Crippen molar-refractivity contribution in [3.8, 4) is 0 Å². The Hall–Kier alpha value is -1.91. The Balaban J connectivity index is 1.92. The minimum Gasteiger partial charge on any atom is -0.426 e. The summed E-state index contributed by atoms with van der Waals surface area (Å²) >= 11 is 0. The minimum absolute atomic E-state index is 0.0341. The van der Waals surface area contributed by atoms with Crippen molar-refractivity contribution < 1.29 is 14.0 Å². The molecule has 0 radical (unpaired) electrons. The van der Waals surface area contributed by atoms with Gasteiger partial charge in [0.1, 0.15) is 5.76 Å². The third-order valence-electron chi connectivity index (χ3n) is 3.96. The molecule has 1 N–H and O–H groups in total. The first-order chi connectivity index (χ1) is 9.13. The Morgan fingerprint density at radius 2 is 2.05 bits per heavy atom. The maximum atomic E-state index is 11.9. The van der Waals surface area contributed by atoms with Crippen molar-refractivity contribution in [2.75, 3.05) is 0 Å². The quantitative estimate of drug-likeness (QED) is 0.829. The molecule has 0 unspecified atom stereocenters. The highest BCUT2D eigenvalue weighted by atomic mass is 16.4.